The minimum Gasteiger partial charge on any atom is -0.440 e. The molecule has 0 saturated carbocycles. The number of thiophene rings is 1. The summed E-state index contributed by atoms with van der Waals surface area (Å²) in [5.41, 5.74) is -0.218. The molecule has 1 aromatic carbocycles. The van der Waals surface area contributed by atoms with E-state index >= 15 is 0 Å². The Morgan fingerprint density at radius 1 is 1.26 bits per heavy atom. The average molecular weight is 385 g/mol. The molecule has 1 unspecified atom stereocenters. The molecule has 0 aliphatic carbocycles. The number of carbonyl (C=O) groups excluding carboxylic acids is 2. The maximum absolute atomic E-state index is 13.2. The van der Waals surface area contributed by atoms with E-state index in [4.69, 9.17) is 4.42 Å². The van der Waals surface area contributed by atoms with Crippen LogP contribution in [0, 0.1) is 12.7 Å². The van der Waals surface area contributed by atoms with Crippen LogP contribution in [0.2, 0.25) is 0 Å². The van der Waals surface area contributed by atoms with E-state index in [9.17, 15) is 14.0 Å². The fourth-order valence-corrected chi connectivity index (χ4v) is 3.70. The molecule has 3 heterocycles. The van der Waals surface area contributed by atoms with E-state index in [-0.39, 0.29) is 6.54 Å². The fraction of sp³-hybridized carbons (Fsp3) is 0.211. The van der Waals surface area contributed by atoms with Crippen LogP contribution in [0.25, 0.3) is 10.8 Å². The maximum Gasteiger partial charge on any atom is 0.325 e. The Bertz CT molecular complexity index is 1010. The summed E-state index contributed by atoms with van der Waals surface area (Å²) in [7, 11) is 0. The molecular weight excluding hydrogens is 369 g/mol. The number of nitrogens with one attached hydrogen (secondary N) is 1. The summed E-state index contributed by atoms with van der Waals surface area (Å²) >= 11 is 1.49. The largest absolute Gasteiger partial charge is 0.440 e. The minimum atomic E-state index is -1.25. The predicted octanol–water partition coefficient (Wildman–Crippen LogP) is 3.82. The molecule has 2 aromatic heterocycles. The number of oxazole rings is 1. The first-order valence-corrected chi connectivity index (χ1v) is 9.17. The van der Waals surface area contributed by atoms with Gasteiger partial charge < -0.3 is 9.73 Å². The Labute approximate surface area is 158 Å². The Hall–Kier alpha value is -3.00. The number of carbonyl (C=O) groups is 2. The second-order valence-corrected chi connectivity index (χ2v) is 7.40. The van der Waals surface area contributed by atoms with Gasteiger partial charge in [0.2, 0.25) is 5.89 Å². The smallest absolute Gasteiger partial charge is 0.325 e. The van der Waals surface area contributed by atoms with Crippen molar-refractivity contribution in [1.82, 2.24) is 15.2 Å². The SMILES string of the molecule is Cc1oc(-c2cccs2)nc1CN1C(=O)NC(C)(c2ccc(F)cc2)C1=O. The van der Waals surface area contributed by atoms with Crippen molar-refractivity contribution < 1.29 is 18.4 Å². The van der Waals surface area contributed by atoms with Crippen molar-refractivity contribution in [2.24, 2.45) is 0 Å². The fourth-order valence-electron chi connectivity index (χ4n) is 3.05. The van der Waals surface area contributed by atoms with Crippen molar-refractivity contribution in [2.45, 2.75) is 25.9 Å². The van der Waals surface area contributed by atoms with E-state index < -0.39 is 23.3 Å². The lowest BCUT2D eigenvalue weighted by Gasteiger charge is -2.22. The Kier molecular flexibility index (Phi) is 4.07. The summed E-state index contributed by atoms with van der Waals surface area (Å²) in [5, 5.41) is 4.62. The van der Waals surface area contributed by atoms with Crippen molar-refractivity contribution in [2.75, 3.05) is 0 Å². The number of rotatable bonds is 4. The molecule has 8 heteroatoms. The van der Waals surface area contributed by atoms with Crippen molar-refractivity contribution in [3.8, 4) is 10.8 Å². The standard InChI is InChI=1S/C19H16FN3O3S/c1-11-14(21-16(26-11)15-4-3-9-27-15)10-23-17(24)19(2,22-18(23)25)12-5-7-13(20)8-6-12/h3-9H,10H2,1-2H3,(H,22,25). The van der Waals surface area contributed by atoms with Crippen LogP contribution in [0.3, 0.4) is 0 Å². The third kappa shape index (κ3) is 2.91. The summed E-state index contributed by atoms with van der Waals surface area (Å²) in [4.78, 5) is 31.8. The zero-order valence-electron chi connectivity index (χ0n) is 14.7. The normalized spacial score (nSPS) is 19.6. The number of aromatic nitrogens is 1. The molecule has 4 rings (SSSR count). The molecule has 3 aromatic rings. The van der Waals surface area contributed by atoms with Crippen molar-refractivity contribution in [3.63, 3.8) is 0 Å². The van der Waals surface area contributed by atoms with Crippen molar-refractivity contribution >= 4 is 23.3 Å². The third-order valence-corrected chi connectivity index (χ3v) is 5.49. The number of hydrogen-bond donors (Lipinski definition) is 1. The summed E-state index contributed by atoms with van der Waals surface area (Å²) < 4.78 is 18.9. The highest BCUT2D eigenvalue weighted by Crippen LogP contribution is 2.31. The number of imide groups is 1. The summed E-state index contributed by atoms with van der Waals surface area (Å²) in [6, 6.07) is 8.77. The van der Waals surface area contributed by atoms with E-state index in [0.717, 1.165) is 9.78 Å². The molecule has 1 fully saturated rings. The molecule has 6 nitrogen and oxygen atoms in total. The van der Waals surface area contributed by atoms with E-state index in [2.05, 4.69) is 10.3 Å². The first-order chi connectivity index (χ1) is 12.9. The quantitative estimate of drug-likeness (QED) is 0.693. The number of urea groups is 1. The lowest BCUT2D eigenvalue weighted by Crippen LogP contribution is -2.40. The Morgan fingerprint density at radius 3 is 2.67 bits per heavy atom. The number of halogens is 1. The van der Waals surface area contributed by atoms with Gasteiger partial charge in [0, 0.05) is 0 Å². The monoisotopic (exact) mass is 385 g/mol. The zero-order chi connectivity index (χ0) is 19.2. The van der Waals surface area contributed by atoms with E-state index in [0.29, 0.717) is 22.9 Å². The molecule has 1 saturated heterocycles. The highest BCUT2D eigenvalue weighted by molar-refractivity contribution is 7.13. The van der Waals surface area contributed by atoms with Gasteiger partial charge in [-0.15, -0.1) is 11.3 Å². The van der Waals surface area contributed by atoms with Gasteiger partial charge in [-0.1, -0.05) is 18.2 Å². The van der Waals surface area contributed by atoms with E-state index in [1.165, 1.54) is 35.6 Å². The Balaban J connectivity index is 1.61. The van der Waals surface area contributed by atoms with Gasteiger partial charge in [-0.2, -0.15) is 0 Å². The molecule has 0 bridgehead atoms. The first-order valence-electron chi connectivity index (χ1n) is 8.29. The molecule has 27 heavy (non-hydrogen) atoms. The lowest BCUT2D eigenvalue weighted by atomic mass is 9.92. The highest BCUT2D eigenvalue weighted by Gasteiger charge is 2.49. The molecule has 0 spiro atoms. The number of hydrogen-bond acceptors (Lipinski definition) is 5. The third-order valence-electron chi connectivity index (χ3n) is 4.63. The van der Waals surface area contributed by atoms with Crippen LogP contribution < -0.4 is 5.32 Å². The van der Waals surface area contributed by atoms with Crippen LogP contribution in [-0.4, -0.2) is 21.8 Å². The molecular formula is C19H16FN3O3S. The van der Waals surface area contributed by atoms with Gasteiger partial charge in [0.25, 0.3) is 5.91 Å². The highest BCUT2D eigenvalue weighted by atomic mass is 32.1. The van der Waals surface area contributed by atoms with E-state index in [1.807, 2.05) is 17.5 Å². The number of nitrogens with zero attached hydrogens (tertiary/aromatic N) is 2. The molecule has 1 atom stereocenters. The van der Waals surface area contributed by atoms with Crippen molar-refractivity contribution in [3.05, 3.63) is 64.6 Å². The lowest BCUT2D eigenvalue weighted by molar-refractivity contribution is -0.131. The predicted molar refractivity (Wildman–Crippen MR) is 97.4 cm³/mol. The molecule has 1 aliphatic rings. The first kappa shape index (κ1) is 17.4. The van der Waals surface area contributed by atoms with Gasteiger partial charge in [0.05, 0.1) is 11.4 Å². The number of amides is 3. The number of aryl methyl sites for hydroxylation is 1. The van der Waals surface area contributed by atoms with Crippen LogP contribution in [0.15, 0.2) is 46.2 Å². The second-order valence-electron chi connectivity index (χ2n) is 6.45. The van der Waals surface area contributed by atoms with Gasteiger partial charge in [-0.05, 0) is 43.0 Å². The number of benzene rings is 1. The van der Waals surface area contributed by atoms with E-state index in [1.54, 1.807) is 13.8 Å². The second kappa shape index (κ2) is 6.31. The van der Waals surface area contributed by atoms with Crippen molar-refractivity contribution in [1.29, 1.82) is 0 Å². The summed E-state index contributed by atoms with van der Waals surface area (Å²) in [6.45, 7) is 3.35. The van der Waals surface area contributed by atoms with Crippen LogP contribution in [0.5, 0.6) is 0 Å². The summed E-state index contributed by atoms with van der Waals surface area (Å²) in [5.74, 6) is 0.190. The molecule has 138 valence electrons. The molecule has 0 radical (unpaired) electrons. The minimum absolute atomic E-state index is 0.00214. The Morgan fingerprint density at radius 2 is 2.00 bits per heavy atom. The summed E-state index contributed by atoms with van der Waals surface area (Å²) in [6.07, 6.45) is 0. The maximum atomic E-state index is 13.2. The van der Waals surface area contributed by atoms with Gasteiger partial charge in [-0.25, -0.2) is 14.2 Å². The van der Waals surface area contributed by atoms with Crippen LogP contribution in [-0.2, 0) is 16.9 Å². The molecule has 1 aliphatic heterocycles. The van der Waals surface area contributed by atoms with Crippen LogP contribution in [0.4, 0.5) is 9.18 Å². The average Bonchev–Trinajstić information content (AvgIpc) is 3.33. The van der Waals surface area contributed by atoms with Gasteiger partial charge in [0.15, 0.2) is 0 Å². The van der Waals surface area contributed by atoms with Gasteiger partial charge >= 0.3 is 6.03 Å². The zero-order valence-corrected chi connectivity index (χ0v) is 15.5. The van der Waals surface area contributed by atoms with Crippen LogP contribution in [0.1, 0.15) is 23.9 Å². The molecule has 3 amide bonds. The van der Waals surface area contributed by atoms with Gasteiger partial charge in [-0.3, -0.25) is 9.69 Å². The topological polar surface area (TPSA) is 75.4 Å². The molecule has 1 N–H and O–H groups in total. The van der Waals surface area contributed by atoms with Crippen LogP contribution >= 0.6 is 11.3 Å². The van der Waals surface area contributed by atoms with Gasteiger partial charge in [0.1, 0.15) is 22.8 Å².